The molecule has 0 N–H and O–H groups in total. The van der Waals surface area contributed by atoms with Crippen LogP contribution in [0.5, 0.6) is 5.75 Å². The fourth-order valence-corrected chi connectivity index (χ4v) is 4.57. The van der Waals surface area contributed by atoms with Gasteiger partial charge in [0, 0.05) is 28.9 Å². The number of aliphatic carboxylic acids is 1. The Bertz CT molecular complexity index is 1450. The molecule has 0 amide bonds. The molecular weight excluding hydrogens is 471 g/mol. The van der Waals surface area contributed by atoms with E-state index in [1.54, 1.807) is 12.1 Å². The Hall–Kier alpha value is -3.06. The molecule has 5 rings (SSSR count). The van der Waals surface area contributed by atoms with Crippen LogP contribution in [0.2, 0.25) is 0 Å². The predicted octanol–water partition coefficient (Wildman–Crippen LogP) is 2.63. The summed E-state index contributed by atoms with van der Waals surface area (Å²) in [6.07, 6.45) is 4.89. The summed E-state index contributed by atoms with van der Waals surface area (Å²) in [5, 5.41) is 11.5. The number of halogens is 2. The van der Waals surface area contributed by atoms with Crippen molar-refractivity contribution in [3.63, 3.8) is 0 Å². The Morgan fingerprint density at radius 2 is 1.81 bits per heavy atom. The first kappa shape index (κ1) is 26.0. The van der Waals surface area contributed by atoms with E-state index in [9.17, 15) is 18.7 Å². The number of benzene rings is 3. The summed E-state index contributed by atoms with van der Waals surface area (Å²) in [7, 11) is 0. The van der Waals surface area contributed by atoms with Gasteiger partial charge in [0.15, 0.2) is 11.6 Å². The Morgan fingerprint density at radius 3 is 2.64 bits per heavy atom. The van der Waals surface area contributed by atoms with Crippen molar-refractivity contribution in [2.24, 2.45) is 0 Å². The second kappa shape index (κ2) is 11.3. The zero-order valence-electron chi connectivity index (χ0n) is 19.8. The van der Waals surface area contributed by atoms with Crippen LogP contribution in [0, 0.1) is 11.6 Å². The first-order valence-electron chi connectivity index (χ1n) is 11.5. The van der Waals surface area contributed by atoms with Crippen LogP contribution in [0.1, 0.15) is 53.1 Å². The maximum atomic E-state index is 13.6. The summed E-state index contributed by atoms with van der Waals surface area (Å²) in [4.78, 5) is 15.4. The van der Waals surface area contributed by atoms with Crippen molar-refractivity contribution in [3.8, 4) is 5.75 Å². The summed E-state index contributed by atoms with van der Waals surface area (Å²) in [5.41, 5.74) is 5.14. The van der Waals surface area contributed by atoms with Gasteiger partial charge in [0.2, 0.25) is 0 Å². The second-order valence-corrected chi connectivity index (χ2v) is 8.63. The predicted molar refractivity (Wildman–Crippen MR) is 129 cm³/mol. The Morgan fingerprint density at radius 1 is 1.00 bits per heavy atom. The summed E-state index contributed by atoms with van der Waals surface area (Å²) in [6, 6.07) is 19.7. The van der Waals surface area contributed by atoms with E-state index in [1.165, 1.54) is 0 Å². The van der Waals surface area contributed by atoms with E-state index >= 15 is 0 Å². The topological polar surface area (TPSA) is 62.2 Å². The largest absolute Gasteiger partial charge is 1.00 e. The zero-order valence-corrected chi connectivity index (χ0v) is 21.8. The van der Waals surface area contributed by atoms with Crippen molar-refractivity contribution >= 4 is 29.0 Å². The van der Waals surface area contributed by atoms with Gasteiger partial charge >= 0.3 is 29.6 Å². The monoisotopic (exact) mass is 493 g/mol. The molecule has 0 saturated carbocycles. The summed E-state index contributed by atoms with van der Waals surface area (Å²) in [5.74, 6) is -2.11. The maximum absolute atomic E-state index is 13.6. The molecule has 1 unspecified atom stereocenters. The van der Waals surface area contributed by atoms with E-state index in [2.05, 4.69) is 11.1 Å². The van der Waals surface area contributed by atoms with Crippen LogP contribution in [-0.4, -0.2) is 11.0 Å². The van der Waals surface area contributed by atoms with Gasteiger partial charge in [-0.05, 0) is 66.3 Å². The van der Waals surface area contributed by atoms with Gasteiger partial charge in [0.05, 0.1) is 11.2 Å². The Balaban J connectivity index is 0.00000304. The van der Waals surface area contributed by atoms with Crippen molar-refractivity contribution in [3.05, 3.63) is 106 Å². The molecule has 0 radical (unpaired) electrons. The number of hydrogen-bond donors (Lipinski definition) is 0. The van der Waals surface area contributed by atoms with Crippen LogP contribution in [0.3, 0.4) is 0 Å². The van der Waals surface area contributed by atoms with Gasteiger partial charge in [-0.2, -0.15) is 0 Å². The third-order valence-corrected chi connectivity index (χ3v) is 6.30. The minimum atomic E-state index is -1.05. The van der Waals surface area contributed by atoms with E-state index in [0.29, 0.717) is 36.0 Å². The minimum absolute atomic E-state index is 0. The molecule has 3 aromatic carbocycles. The third kappa shape index (κ3) is 5.67. The number of ether oxygens (including phenoxy) is 1. The number of carbonyl (C=O) groups excluding carboxylic acids is 1. The van der Waals surface area contributed by atoms with Crippen molar-refractivity contribution < 1.29 is 53.0 Å². The number of nitrogens with zero attached hydrogens (tertiary/aromatic N) is 1. The summed E-state index contributed by atoms with van der Waals surface area (Å²) < 4.78 is 33.2. The third-order valence-electron chi connectivity index (χ3n) is 6.30. The number of carboxylic acids is 1. The molecule has 2 heterocycles. The van der Waals surface area contributed by atoms with Gasteiger partial charge in [-0.25, -0.2) is 13.8 Å². The first-order valence-corrected chi connectivity index (χ1v) is 11.5. The number of rotatable bonds is 6. The number of pyridine rings is 1. The van der Waals surface area contributed by atoms with Crippen LogP contribution >= 0.6 is 0 Å². The van der Waals surface area contributed by atoms with Gasteiger partial charge in [-0.15, -0.1) is 0 Å². The SMILES string of the molecule is O=C([O-])CCCC1c2ccccc2COc2ccc(/C=C/c3ccc4cc(F)c(F)cc4n3)cc21.[Na+]. The fraction of sp³-hybridized carbons (Fsp3) is 0.172. The summed E-state index contributed by atoms with van der Waals surface area (Å²) in [6.45, 7) is 0.452. The van der Waals surface area contributed by atoms with Crippen molar-refractivity contribution in [1.29, 1.82) is 0 Å². The van der Waals surface area contributed by atoms with Gasteiger partial charge in [-0.3, -0.25) is 0 Å². The van der Waals surface area contributed by atoms with Crippen LogP contribution in [0.4, 0.5) is 8.78 Å². The van der Waals surface area contributed by atoms with E-state index in [0.717, 1.165) is 40.1 Å². The standard InChI is InChI=1S/C29H23F2NO3.Na/c30-25-15-19-10-12-21(32-27(19)16-26(25)31)11-8-18-9-13-28-24(14-18)23(6-3-7-29(33)34)22-5-2-1-4-20(22)17-35-28;/h1-2,4-5,8-16,23H,3,6-7,17H2,(H,33,34);/q;+1/p-1/b11-8+;. The van der Waals surface area contributed by atoms with Gasteiger partial charge in [-0.1, -0.05) is 42.5 Å². The number of carbonyl (C=O) groups is 1. The number of hydrogen-bond acceptors (Lipinski definition) is 4. The van der Waals surface area contributed by atoms with Crippen molar-refractivity contribution in [2.45, 2.75) is 31.8 Å². The van der Waals surface area contributed by atoms with Gasteiger partial charge in [0.1, 0.15) is 12.4 Å². The van der Waals surface area contributed by atoms with E-state index in [4.69, 9.17) is 4.74 Å². The van der Waals surface area contributed by atoms with Gasteiger partial charge < -0.3 is 14.6 Å². The van der Waals surface area contributed by atoms with Crippen LogP contribution in [0.25, 0.3) is 23.1 Å². The molecule has 36 heavy (non-hydrogen) atoms. The molecule has 4 aromatic rings. The molecule has 0 fully saturated rings. The molecule has 1 aliphatic heterocycles. The minimum Gasteiger partial charge on any atom is -0.550 e. The van der Waals surface area contributed by atoms with Gasteiger partial charge in [0.25, 0.3) is 0 Å². The second-order valence-electron chi connectivity index (χ2n) is 8.63. The summed E-state index contributed by atoms with van der Waals surface area (Å²) >= 11 is 0. The Labute approximate surface area is 229 Å². The quantitative estimate of drug-likeness (QED) is 0.388. The molecule has 1 aromatic heterocycles. The number of fused-ring (bicyclic) bond motifs is 3. The number of carboxylic acid groups (broad SMARTS) is 1. The smallest absolute Gasteiger partial charge is 0.550 e. The van der Waals surface area contributed by atoms with Crippen LogP contribution < -0.4 is 39.4 Å². The zero-order chi connectivity index (χ0) is 24.4. The van der Waals surface area contributed by atoms with Crippen LogP contribution in [0.15, 0.2) is 66.7 Å². The molecule has 0 saturated heterocycles. The van der Waals surface area contributed by atoms with E-state index < -0.39 is 17.6 Å². The molecular formula is C29H22F2NNaO3. The van der Waals surface area contributed by atoms with Crippen molar-refractivity contribution in [2.75, 3.05) is 0 Å². The normalized spacial score (nSPS) is 14.4. The molecule has 1 aliphatic rings. The molecule has 4 nitrogen and oxygen atoms in total. The molecule has 0 spiro atoms. The molecule has 1 atom stereocenters. The maximum Gasteiger partial charge on any atom is 1.00 e. The molecule has 0 aliphatic carbocycles. The first-order chi connectivity index (χ1) is 17.0. The molecule has 7 heteroatoms. The van der Waals surface area contributed by atoms with Crippen LogP contribution in [-0.2, 0) is 11.4 Å². The Kier molecular flexibility index (Phi) is 8.19. The fourth-order valence-electron chi connectivity index (χ4n) is 4.57. The average molecular weight is 493 g/mol. The van der Waals surface area contributed by atoms with E-state index in [1.807, 2.05) is 48.6 Å². The average Bonchev–Trinajstić information content (AvgIpc) is 3.00. The van der Waals surface area contributed by atoms with Crippen molar-refractivity contribution in [1.82, 2.24) is 4.98 Å². The number of aromatic nitrogens is 1. The van der Waals surface area contributed by atoms with E-state index in [-0.39, 0.29) is 41.9 Å². The molecule has 176 valence electrons. The molecule has 0 bridgehead atoms.